The molecule has 2 aromatic rings. The van der Waals surface area contributed by atoms with Crippen molar-refractivity contribution in [3.05, 3.63) is 43.8 Å². The van der Waals surface area contributed by atoms with Gasteiger partial charge in [-0.2, -0.15) is 0 Å². The highest BCUT2D eigenvalue weighted by Crippen LogP contribution is 2.32. The summed E-state index contributed by atoms with van der Waals surface area (Å²) < 4.78 is 0. The van der Waals surface area contributed by atoms with Crippen LogP contribution in [0.2, 0.25) is 0 Å². The van der Waals surface area contributed by atoms with Crippen molar-refractivity contribution in [1.29, 1.82) is 0 Å². The van der Waals surface area contributed by atoms with Gasteiger partial charge in [0.25, 0.3) is 0 Å². The minimum absolute atomic E-state index is 0.496. The maximum atomic E-state index is 3.66. The summed E-state index contributed by atoms with van der Waals surface area (Å²) in [6, 6.07) is 7.30. The fourth-order valence-electron chi connectivity index (χ4n) is 2.69. The molecule has 1 aliphatic carbocycles. The summed E-state index contributed by atoms with van der Waals surface area (Å²) in [5.41, 5.74) is 1.62. The number of aryl methyl sites for hydroxylation is 2. The lowest BCUT2D eigenvalue weighted by molar-refractivity contribution is 0.586. The highest BCUT2D eigenvalue weighted by atomic mass is 32.1. The van der Waals surface area contributed by atoms with Crippen LogP contribution in [0.15, 0.2) is 23.6 Å². The Balaban J connectivity index is 1.54. The molecule has 19 heavy (non-hydrogen) atoms. The van der Waals surface area contributed by atoms with Crippen LogP contribution in [-0.2, 0) is 19.3 Å². The van der Waals surface area contributed by atoms with Crippen LogP contribution in [0.3, 0.4) is 0 Å². The third kappa shape index (κ3) is 3.28. The van der Waals surface area contributed by atoms with Crippen molar-refractivity contribution in [2.75, 3.05) is 6.54 Å². The standard InChI is InChI=1S/C16H21NS2/c1-12(17-9-8-14-6-4-10-18-14)16-11-13-5-2-3-7-15(13)19-16/h4,6,10-12,17H,2-3,5,7-9H2,1H3. The minimum Gasteiger partial charge on any atom is -0.309 e. The molecule has 0 amide bonds. The fraction of sp³-hybridized carbons (Fsp3) is 0.500. The molecule has 1 unspecified atom stereocenters. The molecule has 3 heteroatoms. The lowest BCUT2D eigenvalue weighted by Gasteiger charge is -2.11. The Labute approximate surface area is 123 Å². The van der Waals surface area contributed by atoms with Gasteiger partial charge in [-0.1, -0.05) is 6.07 Å². The third-order valence-corrected chi connectivity index (χ3v) is 6.20. The quantitative estimate of drug-likeness (QED) is 0.850. The Kier molecular flexibility index (Phi) is 4.36. The molecule has 0 aromatic carbocycles. The van der Waals surface area contributed by atoms with Gasteiger partial charge in [0.1, 0.15) is 0 Å². The first-order valence-corrected chi connectivity index (χ1v) is 8.90. The zero-order chi connectivity index (χ0) is 13.1. The molecule has 2 heterocycles. The highest BCUT2D eigenvalue weighted by molar-refractivity contribution is 7.12. The van der Waals surface area contributed by atoms with E-state index in [9.17, 15) is 0 Å². The van der Waals surface area contributed by atoms with Crippen LogP contribution >= 0.6 is 22.7 Å². The first-order chi connectivity index (χ1) is 9.33. The lowest BCUT2D eigenvalue weighted by Crippen LogP contribution is -2.20. The topological polar surface area (TPSA) is 12.0 Å². The predicted molar refractivity (Wildman–Crippen MR) is 85.4 cm³/mol. The average molecular weight is 291 g/mol. The SMILES string of the molecule is CC(NCCc1cccs1)c1cc2c(s1)CCCC2. The highest BCUT2D eigenvalue weighted by Gasteiger charge is 2.16. The Bertz CT molecular complexity index is 489. The molecule has 2 aromatic heterocycles. The maximum Gasteiger partial charge on any atom is 0.0386 e. The molecule has 0 spiro atoms. The van der Waals surface area contributed by atoms with Gasteiger partial charge in [0.2, 0.25) is 0 Å². The van der Waals surface area contributed by atoms with Gasteiger partial charge in [0.05, 0.1) is 0 Å². The molecule has 1 atom stereocenters. The van der Waals surface area contributed by atoms with Gasteiger partial charge in [0.15, 0.2) is 0 Å². The molecule has 102 valence electrons. The average Bonchev–Trinajstić information content (AvgIpc) is 3.07. The number of hydrogen-bond donors (Lipinski definition) is 1. The van der Waals surface area contributed by atoms with Gasteiger partial charge < -0.3 is 5.32 Å². The molecule has 0 bridgehead atoms. The fourth-order valence-corrected chi connectivity index (χ4v) is 4.69. The smallest absolute Gasteiger partial charge is 0.0386 e. The first kappa shape index (κ1) is 13.3. The second-order valence-corrected chi connectivity index (χ2v) is 7.51. The van der Waals surface area contributed by atoms with Gasteiger partial charge in [-0.3, -0.25) is 0 Å². The van der Waals surface area contributed by atoms with Gasteiger partial charge >= 0.3 is 0 Å². The van der Waals surface area contributed by atoms with Crippen LogP contribution in [0.1, 0.15) is 46.0 Å². The molecule has 1 nitrogen and oxygen atoms in total. The second kappa shape index (κ2) is 6.21. The second-order valence-electron chi connectivity index (χ2n) is 5.31. The van der Waals surface area contributed by atoms with Crippen LogP contribution < -0.4 is 5.32 Å². The van der Waals surface area contributed by atoms with Crippen LogP contribution in [0.4, 0.5) is 0 Å². The van der Waals surface area contributed by atoms with Gasteiger partial charge in [0, 0.05) is 27.2 Å². The summed E-state index contributed by atoms with van der Waals surface area (Å²) in [7, 11) is 0. The van der Waals surface area contributed by atoms with Gasteiger partial charge in [-0.25, -0.2) is 0 Å². The number of thiophene rings is 2. The maximum absolute atomic E-state index is 3.66. The Hall–Kier alpha value is -0.640. The van der Waals surface area contributed by atoms with E-state index in [4.69, 9.17) is 0 Å². The number of fused-ring (bicyclic) bond motifs is 1. The van der Waals surface area contributed by atoms with E-state index in [-0.39, 0.29) is 0 Å². The number of hydrogen-bond acceptors (Lipinski definition) is 3. The van der Waals surface area contributed by atoms with Crippen LogP contribution in [-0.4, -0.2) is 6.54 Å². The Morgan fingerprint density at radius 2 is 2.21 bits per heavy atom. The van der Waals surface area contributed by atoms with E-state index in [1.807, 2.05) is 22.7 Å². The zero-order valence-corrected chi connectivity index (χ0v) is 13.1. The van der Waals surface area contributed by atoms with Crippen molar-refractivity contribution in [1.82, 2.24) is 5.32 Å². The number of nitrogens with one attached hydrogen (secondary N) is 1. The predicted octanol–water partition coefficient (Wildman–Crippen LogP) is 4.58. The van der Waals surface area contributed by atoms with Crippen molar-refractivity contribution in [3.8, 4) is 0 Å². The summed E-state index contributed by atoms with van der Waals surface area (Å²) in [6.45, 7) is 3.37. The molecule has 3 rings (SSSR count). The van der Waals surface area contributed by atoms with E-state index in [1.54, 1.807) is 10.4 Å². The minimum atomic E-state index is 0.496. The van der Waals surface area contributed by atoms with E-state index in [2.05, 4.69) is 35.8 Å². The molecule has 0 saturated heterocycles. The molecule has 0 fully saturated rings. The summed E-state index contributed by atoms with van der Waals surface area (Å²) >= 11 is 3.89. The van der Waals surface area contributed by atoms with Gasteiger partial charge in [-0.05, 0) is 62.1 Å². The summed E-state index contributed by atoms with van der Waals surface area (Å²) in [5, 5.41) is 5.82. The molecular weight excluding hydrogens is 270 g/mol. The van der Waals surface area contributed by atoms with E-state index < -0.39 is 0 Å². The Morgan fingerprint density at radius 1 is 1.32 bits per heavy atom. The number of rotatable bonds is 5. The van der Waals surface area contributed by atoms with Crippen LogP contribution in [0, 0.1) is 0 Å². The molecule has 0 saturated carbocycles. The van der Waals surface area contributed by atoms with Crippen molar-refractivity contribution in [2.24, 2.45) is 0 Å². The van der Waals surface area contributed by atoms with E-state index in [0.717, 1.165) is 13.0 Å². The normalized spacial score (nSPS) is 16.3. The van der Waals surface area contributed by atoms with Crippen molar-refractivity contribution in [3.63, 3.8) is 0 Å². The van der Waals surface area contributed by atoms with Crippen LogP contribution in [0.25, 0.3) is 0 Å². The van der Waals surface area contributed by atoms with Crippen LogP contribution in [0.5, 0.6) is 0 Å². The van der Waals surface area contributed by atoms with E-state index >= 15 is 0 Å². The molecule has 0 radical (unpaired) electrons. The summed E-state index contributed by atoms with van der Waals surface area (Å²) in [4.78, 5) is 4.65. The van der Waals surface area contributed by atoms with Crippen molar-refractivity contribution < 1.29 is 0 Å². The monoisotopic (exact) mass is 291 g/mol. The summed E-state index contributed by atoms with van der Waals surface area (Å²) in [6.07, 6.45) is 6.51. The summed E-state index contributed by atoms with van der Waals surface area (Å²) in [5.74, 6) is 0. The zero-order valence-electron chi connectivity index (χ0n) is 11.4. The molecule has 0 aliphatic heterocycles. The largest absolute Gasteiger partial charge is 0.309 e. The Morgan fingerprint density at radius 3 is 3.00 bits per heavy atom. The lowest BCUT2D eigenvalue weighted by atomic mass is 9.99. The first-order valence-electron chi connectivity index (χ1n) is 7.20. The molecule has 1 aliphatic rings. The van der Waals surface area contributed by atoms with E-state index in [1.165, 1.54) is 35.4 Å². The van der Waals surface area contributed by atoms with E-state index in [0.29, 0.717) is 6.04 Å². The van der Waals surface area contributed by atoms with Crippen molar-refractivity contribution in [2.45, 2.75) is 45.1 Å². The molecule has 1 N–H and O–H groups in total. The van der Waals surface area contributed by atoms with Crippen molar-refractivity contribution >= 4 is 22.7 Å². The van der Waals surface area contributed by atoms with Gasteiger partial charge in [-0.15, -0.1) is 22.7 Å². The molecular formula is C16H21NS2. The third-order valence-electron chi connectivity index (χ3n) is 3.84.